The van der Waals surface area contributed by atoms with Gasteiger partial charge in [-0.3, -0.25) is 0 Å². The highest BCUT2D eigenvalue weighted by Crippen LogP contribution is 2.12. The molecule has 2 atom stereocenters. The van der Waals surface area contributed by atoms with Crippen molar-refractivity contribution in [1.82, 2.24) is 15.8 Å². The van der Waals surface area contributed by atoms with E-state index in [1.165, 1.54) is 32.2 Å². The second-order valence-electron chi connectivity index (χ2n) is 4.66. The van der Waals surface area contributed by atoms with E-state index in [-0.39, 0.29) is 0 Å². The Bertz CT molecular complexity index is 280. The number of rotatable bonds is 5. The fourth-order valence-electron chi connectivity index (χ4n) is 2.24. The Hall–Kier alpha value is -0.870. The van der Waals surface area contributed by atoms with Crippen molar-refractivity contribution in [3.05, 3.63) is 18.0 Å². The number of piperidine rings is 1. The Kier molecular flexibility index (Phi) is 4.36. The van der Waals surface area contributed by atoms with Gasteiger partial charge in [-0.1, -0.05) is 11.6 Å². The van der Waals surface area contributed by atoms with Gasteiger partial charge in [-0.15, -0.1) is 0 Å². The lowest BCUT2D eigenvalue weighted by Gasteiger charge is -2.26. The lowest BCUT2D eigenvalue weighted by molar-refractivity contribution is 0.341. The third-order valence-electron chi connectivity index (χ3n) is 3.17. The number of nitrogens with one attached hydrogen (secondary N) is 2. The van der Waals surface area contributed by atoms with E-state index in [4.69, 9.17) is 4.52 Å². The topological polar surface area (TPSA) is 50.1 Å². The summed E-state index contributed by atoms with van der Waals surface area (Å²) in [5, 5.41) is 10.9. The maximum atomic E-state index is 4.79. The van der Waals surface area contributed by atoms with Gasteiger partial charge in [0.25, 0.3) is 0 Å². The summed E-state index contributed by atoms with van der Waals surface area (Å²) in [6.45, 7) is 4.21. The standard InChI is InChI=1S/C12H21N3O/c1-10(8-11-4-2-3-6-13-11)14-9-12-5-7-16-15-12/h5,7,10-11,13-14H,2-4,6,8-9H2,1H3. The lowest BCUT2D eigenvalue weighted by Crippen LogP contribution is -2.39. The summed E-state index contributed by atoms with van der Waals surface area (Å²) in [5.74, 6) is 0. The molecule has 2 rings (SSSR count). The summed E-state index contributed by atoms with van der Waals surface area (Å²) in [6.07, 6.45) is 6.82. The zero-order chi connectivity index (χ0) is 11.2. The molecule has 0 radical (unpaired) electrons. The largest absolute Gasteiger partial charge is 0.364 e. The summed E-state index contributed by atoms with van der Waals surface area (Å²) < 4.78 is 4.79. The van der Waals surface area contributed by atoms with Crippen molar-refractivity contribution in [2.24, 2.45) is 0 Å². The average molecular weight is 223 g/mol. The van der Waals surface area contributed by atoms with Gasteiger partial charge in [-0.25, -0.2) is 0 Å². The molecule has 4 nitrogen and oxygen atoms in total. The van der Waals surface area contributed by atoms with Gasteiger partial charge in [0.05, 0.1) is 5.69 Å². The molecular formula is C12H21N3O. The van der Waals surface area contributed by atoms with Crippen molar-refractivity contribution in [3.8, 4) is 0 Å². The minimum Gasteiger partial charge on any atom is -0.364 e. The molecule has 1 fully saturated rings. The molecule has 0 saturated carbocycles. The van der Waals surface area contributed by atoms with Crippen molar-refractivity contribution in [2.75, 3.05) is 6.54 Å². The quantitative estimate of drug-likeness (QED) is 0.797. The molecule has 1 aromatic rings. The molecule has 1 saturated heterocycles. The van der Waals surface area contributed by atoms with Gasteiger partial charge in [0, 0.05) is 24.7 Å². The molecule has 0 aliphatic carbocycles. The molecule has 16 heavy (non-hydrogen) atoms. The normalized spacial score (nSPS) is 23.2. The summed E-state index contributed by atoms with van der Waals surface area (Å²) in [7, 11) is 0. The number of hydrogen-bond donors (Lipinski definition) is 2. The van der Waals surface area contributed by atoms with E-state index in [0.29, 0.717) is 12.1 Å². The van der Waals surface area contributed by atoms with E-state index >= 15 is 0 Å². The Morgan fingerprint density at radius 2 is 2.56 bits per heavy atom. The first kappa shape index (κ1) is 11.6. The minimum atomic E-state index is 0.521. The van der Waals surface area contributed by atoms with Crippen molar-refractivity contribution in [3.63, 3.8) is 0 Å². The molecule has 1 aliphatic rings. The summed E-state index contributed by atoms with van der Waals surface area (Å²) >= 11 is 0. The second kappa shape index (κ2) is 6.01. The number of nitrogens with zero attached hydrogens (tertiary/aromatic N) is 1. The smallest absolute Gasteiger partial charge is 0.124 e. The van der Waals surface area contributed by atoms with Crippen molar-refractivity contribution < 1.29 is 4.52 Å². The van der Waals surface area contributed by atoms with Crippen molar-refractivity contribution in [1.29, 1.82) is 0 Å². The van der Waals surface area contributed by atoms with E-state index in [9.17, 15) is 0 Å². The van der Waals surface area contributed by atoms with E-state index < -0.39 is 0 Å². The molecule has 2 N–H and O–H groups in total. The highest BCUT2D eigenvalue weighted by Gasteiger charge is 2.15. The Morgan fingerprint density at radius 1 is 1.62 bits per heavy atom. The second-order valence-corrected chi connectivity index (χ2v) is 4.66. The first-order valence-electron chi connectivity index (χ1n) is 6.20. The van der Waals surface area contributed by atoms with Crippen LogP contribution in [0, 0.1) is 0 Å². The molecular weight excluding hydrogens is 202 g/mol. The maximum Gasteiger partial charge on any atom is 0.124 e. The van der Waals surface area contributed by atoms with Crippen LogP contribution in [0.15, 0.2) is 16.9 Å². The van der Waals surface area contributed by atoms with E-state index in [0.717, 1.165) is 12.2 Å². The van der Waals surface area contributed by atoms with E-state index in [2.05, 4.69) is 22.7 Å². The van der Waals surface area contributed by atoms with Gasteiger partial charge >= 0.3 is 0 Å². The molecule has 0 amide bonds. The lowest BCUT2D eigenvalue weighted by atomic mass is 9.99. The van der Waals surface area contributed by atoms with Gasteiger partial charge < -0.3 is 15.2 Å². The highest BCUT2D eigenvalue weighted by molar-refractivity contribution is 4.94. The van der Waals surface area contributed by atoms with Gasteiger partial charge in [0.2, 0.25) is 0 Å². The molecule has 0 aromatic carbocycles. The van der Waals surface area contributed by atoms with Crippen LogP contribution >= 0.6 is 0 Å². The zero-order valence-corrected chi connectivity index (χ0v) is 9.91. The van der Waals surface area contributed by atoms with Crippen LogP contribution in [0.3, 0.4) is 0 Å². The van der Waals surface area contributed by atoms with Crippen LogP contribution < -0.4 is 10.6 Å². The van der Waals surface area contributed by atoms with Gasteiger partial charge in [0.15, 0.2) is 0 Å². The van der Waals surface area contributed by atoms with Crippen LogP contribution in [0.5, 0.6) is 0 Å². The molecule has 90 valence electrons. The maximum absolute atomic E-state index is 4.79. The Labute approximate surface area is 96.8 Å². The molecule has 0 spiro atoms. The van der Waals surface area contributed by atoms with Crippen LogP contribution in [0.25, 0.3) is 0 Å². The van der Waals surface area contributed by atoms with Crippen molar-refractivity contribution >= 4 is 0 Å². The summed E-state index contributed by atoms with van der Waals surface area (Å²) in [4.78, 5) is 0. The van der Waals surface area contributed by atoms with E-state index in [1.54, 1.807) is 6.26 Å². The van der Waals surface area contributed by atoms with Crippen LogP contribution in [-0.4, -0.2) is 23.8 Å². The predicted octanol–water partition coefficient (Wildman–Crippen LogP) is 1.68. The monoisotopic (exact) mass is 223 g/mol. The molecule has 2 unspecified atom stereocenters. The Morgan fingerprint density at radius 3 is 3.25 bits per heavy atom. The molecule has 0 bridgehead atoms. The van der Waals surface area contributed by atoms with Crippen LogP contribution in [-0.2, 0) is 6.54 Å². The van der Waals surface area contributed by atoms with Crippen LogP contribution in [0.4, 0.5) is 0 Å². The van der Waals surface area contributed by atoms with Crippen LogP contribution in [0.1, 0.15) is 38.3 Å². The zero-order valence-electron chi connectivity index (χ0n) is 9.91. The van der Waals surface area contributed by atoms with Gasteiger partial charge in [-0.2, -0.15) is 0 Å². The fraction of sp³-hybridized carbons (Fsp3) is 0.750. The third kappa shape index (κ3) is 3.61. The van der Waals surface area contributed by atoms with E-state index in [1.807, 2.05) is 6.07 Å². The first-order valence-corrected chi connectivity index (χ1v) is 6.20. The SMILES string of the molecule is CC(CC1CCCCN1)NCc1ccon1. The summed E-state index contributed by atoms with van der Waals surface area (Å²) in [6, 6.07) is 3.11. The highest BCUT2D eigenvalue weighted by atomic mass is 16.5. The summed E-state index contributed by atoms with van der Waals surface area (Å²) in [5.41, 5.74) is 0.975. The molecule has 4 heteroatoms. The number of hydrogen-bond acceptors (Lipinski definition) is 4. The third-order valence-corrected chi connectivity index (χ3v) is 3.17. The molecule has 2 heterocycles. The average Bonchev–Trinajstić information content (AvgIpc) is 2.81. The first-order chi connectivity index (χ1) is 7.84. The van der Waals surface area contributed by atoms with Crippen LogP contribution in [0.2, 0.25) is 0 Å². The minimum absolute atomic E-state index is 0.521. The predicted molar refractivity (Wildman–Crippen MR) is 63.1 cm³/mol. The fourth-order valence-corrected chi connectivity index (χ4v) is 2.24. The van der Waals surface area contributed by atoms with Crippen molar-refractivity contribution in [2.45, 2.75) is 51.2 Å². The number of aromatic nitrogens is 1. The molecule has 1 aliphatic heterocycles. The Balaban J connectivity index is 1.65. The van der Waals surface area contributed by atoms with Gasteiger partial charge in [-0.05, 0) is 32.7 Å². The van der Waals surface area contributed by atoms with Gasteiger partial charge in [0.1, 0.15) is 6.26 Å². The molecule has 1 aromatic heterocycles.